The van der Waals surface area contributed by atoms with Crippen LogP contribution in [0.1, 0.15) is 60.2 Å². The van der Waals surface area contributed by atoms with Crippen LogP contribution in [-0.4, -0.2) is 25.0 Å². The molecule has 1 aliphatic rings. The van der Waals surface area contributed by atoms with Gasteiger partial charge in [0.15, 0.2) is 0 Å². The second-order valence-corrected chi connectivity index (χ2v) is 5.10. The first-order chi connectivity index (χ1) is 9.67. The van der Waals surface area contributed by atoms with Crippen LogP contribution in [0.3, 0.4) is 0 Å². The highest BCUT2D eigenvalue weighted by molar-refractivity contribution is 6.15. The summed E-state index contributed by atoms with van der Waals surface area (Å²) in [7, 11) is 0. The molecule has 0 N–H and O–H groups in total. The maximum atomic E-state index is 11.6. The quantitative estimate of drug-likeness (QED) is 0.565. The lowest BCUT2D eigenvalue weighted by Crippen LogP contribution is -2.25. The molecular weight excluding hydrogens is 254 g/mol. The molecule has 1 aliphatic heterocycles. The summed E-state index contributed by atoms with van der Waals surface area (Å²) in [5, 5.41) is 0. The van der Waals surface area contributed by atoms with Gasteiger partial charge in [-0.3, -0.25) is 0 Å². The van der Waals surface area contributed by atoms with Crippen LogP contribution in [0.5, 0.6) is 0 Å². The summed E-state index contributed by atoms with van der Waals surface area (Å²) in [5.74, 6) is -1.07. The van der Waals surface area contributed by atoms with E-state index in [9.17, 15) is 9.59 Å². The number of hydrogen-bond donors (Lipinski definition) is 0. The summed E-state index contributed by atoms with van der Waals surface area (Å²) in [6, 6.07) is 5.39. The number of benzene rings is 1. The van der Waals surface area contributed by atoms with Crippen molar-refractivity contribution in [3.05, 3.63) is 29.3 Å². The zero-order chi connectivity index (χ0) is 14.5. The first-order valence-electron chi connectivity index (χ1n) is 7.32. The Bertz CT molecular complexity index is 502. The average molecular weight is 275 g/mol. The monoisotopic (exact) mass is 275 g/mol. The molecule has 108 valence electrons. The highest BCUT2D eigenvalue weighted by atomic mass is 16.6. The lowest BCUT2D eigenvalue weighted by Gasteiger charge is -2.25. The fourth-order valence-corrected chi connectivity index (χ4v) is 2.34. The lowest BCUT2D eigenvalue weighted by atomic mass is 10.1. The van der Waals surface area contributed by atoms with Crippen molar-refractivity contribution in [3.63, 3.8) is 0 Å². The molecule has 0 atom stereocenters. The first kappa shape index (κ1) is 14.6. The van der Waals surface area contributed by atoms with Crippen molar-refractivity contribution >= 4 is 17.6 Å². The Morgan fingerprint density at radius 1 is 0.950 bits per heavy atom. The molecule has 2 rings (SSSR count). The lowest BCUT2D eigenvalue weighted by molar-refractivity contribution is 0.0444. The second-order valence-electron chi connectivity index (χ2n) is 5.10. The summed E-state index contributed by atoms with van der Waals surface area (Å²) in [4.78, 5) is 25.3. The minimum atomic E-state index is -0.537. The van der Waals surface area contributed by atoms with Gasteiger partial charge in [-0.05, 0) is 31.0 Å². The molecule has 0 saturated heterocycles. The number of rotatable bonds is 7. The van der Waals surface area contributed by atoms with Gasteiger partial charge in [-0.15, -0.1) is 0 Å². The fraction of sp³-hybridized carbons (Fsp3) is 0.500. The van der Waals surface area contributed by atoms with Crippen LogP contribution >= 0.6 is 0 Å². The zero-order valence-corrected chi connectivity index (χ0v) is 12.1. The van der Waals surface area contributed by atoms with Gasteiger partial charge in [0.2, 0.25) is 0 Å². The Morgan fingerprint density at radius 3 is 2.15 bits per heavy atom. The van der Waals surface area contributed by atoms with Gasteiger partial charge in [0.25, 0.3) is 0 Å². The topological polar surface area (TPSA) is 46.6 Å². The number of carbonyl (C=O) groups excluding carboxylic acids is 2. The van der Waals surface area contributed by atoms with Crippen molar-refractivity contribution < 1.29 is 14.3 Å². The minimum Gasteiger partial charge on any atom is -0.386 e. The van der Waals surface area contributed by atoms with Gasteiger partial charge in [0, 0.05) is 18.8 Å². The first-order valence-corrected chi connectivity index (χ1v) is 7.32. The van der Waals surface area contributed by atoms with Crippen LogP contribution in [0, 0.1) is 0 Å². The van der Waals surface area contributed by atoms with Gasteiger partial charge >= 0.3 is 11.9 Å². The number of carbonyl (C=O) groups is 2. The SMILES string of the molecule is CCCCN(CCCC)c1ccc2c(c1)C(=O)OC2=O. The predicted octanol–water partition coefficient (Wildman–Crippen LogP) is 3.40. The molecule has 0 amide bonds. The molecule has 4 nitrogen and oxygen atoms in total. The smallest absolute Gasteiger partial charge is 0.346 e. The van der Waals surface area contributed by atoms with Crippen molar-refractivity contribution in [2.45, 2.75) is 39.5 Å². The van der Waals surface area contributed by atoms with Crippen LogP contribution in [0.25, 0.3) is 0 Å². The third-order valence-electron chi connectivity index (χ3n) is 3.56. The van der Waals surface area contributed by atoms with E-state index >= 15 is 0 Å². The standard InChI is InChI=1S/C16H21NO3/c1-3-5-9-17(10-6-4-2)12-7-8-13-14(11-12)16(19)20-15(13)18/h7-8,11H,3-6,9-10H2,1-2H3. The van der Waals surface area contributed by atoms with Gasteiger partial charge in [0.05, 0.1) is 11.1 Å². The third kappa shape index (κ3) is 3.00. The molecule has 0 unspecified atom stereocenters. The number of esters is 2. The molecule has 20 heavy (non-hydrogen) atoms. The highest BCUT2D eigenvalue weighted by Gasteiger charge is 2.30. The molecule has 1 aromatic rings. The molecule has 4 heteroatoms. The van der Waals surface area contributed by atoms with Crippen LogP contribution in [0.4, 0.5) is 5.69 Å². The normalized spacial score (nSPS) is 13.3. The fourth-order valence-electron chi connectivity index (χ4n) is 2.34. The van der Waals surface area contributed by atoms with Crippen LogP contribution in [0.15, 0.2) is 18.2 Å². The Hall–Kier alpha value is -1.84. The highest BCUT2D eigenvalue weighted by Crippen LogP contribution is 2.26. The van der Waals surface area contributed by atoms with Gasteiger partial charge in [-0.2, -0.15) is 0 Å². The number of ether oxygens (including phenoxy) is 1. The van der Waals surface area contributed by atoms with E-state index in [1.165, 1.54) is 0 Å². The number of cyclic esters (lactones) is 2. The van der Waals surface area contributed by atoms with Crippen molar-refractivity contribution in [2.24, 2.45) is 0 Å². The second kappa shape index (κ2) is 6.55. The summed E-state index contributed by atoms with van der Waals surface area (Å²) in [5.41, 5.74) is 1.77. The molecule has 0 saturated carbocycles. The van der Waals surface area contributed by atoms with E-state index in [4.69, 9.17) is 0 Å². The summed E-state index contributed by atoms with van der Waals surface area (Å²) >= 11 is 0. The van der Waals surface area contributed by atoms with Gasteiger partial charge in [-0.25, -0.2) is 9.59 Å². The van der Waals surface area contributed by atoms with E-state index in [2.05, 4.69) is 23.5 Å². The molecule has 1 aromatic carbocycles. The Kier molecular flexibility index (Phi) is 4.77. The summed E-state index contributed by atoms with van der Waals surface area (Å²) in [6.45, 7) is 6.27. The number of anilines is 1. The number of fused-ring (bicyclic) bond motifs is 1. The van der Waals surface area contributed by atoms with E-state index in [-0.39, 0.29) is 0 Å². The van der Waals surface area contributed by atoms with Gasteiger partial charge < -0.3 is 9.64 Å². The van der Waals surface area contributed by atoms with Crippen LogP contribution < -0.4 is 4.90 Å². The maximum absolute atomic E-state index is 11.6. The van der Waals surface area contributed by atoms with Crippen LogP contribution in [-0.2, 0) is 4.74 Å². The largest absolute Gasteiger partial charge is 0.386 e. The molecule has 0 aromatic heterocycles. The number of hydrogen-bond acceptors (Lipinski definition) is 4. The van der Waals surface area contributed by atoms with Crippen molar-refractivity contribution in [2.75, 3.05) is 18.0 Å². The van der Waals surface area contributed by atoms with Crippen molar-refractivity contribution in [3.8, 4) is 0 Å². The van der Waals surface area contributed by atoms with Gasteiger partial charge in [-0.1, -0.05) is 26.7 Å². The van der Waals surface area contributed by atoms with E-state index < -0.39 is 11.9 Å². The summed E-state index contributed by atoms with van der Waals surface area (Å²) in [6.07, 6.45) is 4.50. The molecule has 0 radical (unpaired) electrons. The average Bonchev–Trinajstić information content (AvgIpc) is 2.74. The Morgan fingerprint density at radius 2 is 1.55 bits per heavy atom. The summed E-state index contributed by atoms with van der Waals surface area (Å²) < 4.78 is 4.63. The number of unbranched alkanes of at least 4 members (excludes halogenated alkanes) is 2. The van der Waals surface area contributed by atoms with E-state index in [0.29, 0.717) is 11.1 Å². The molecule has 0 bridgehead atoms. The minimum absolute atomic E-state index is 0.379. The molecule has 1 heterocycles. The molecule has 0 fully saturated rings. The Labute approximate surface area is 119 Å². The maximum Gasteiger partial charge on any atom is 0.346 e. The predicted molar refractivity (Wildman–Crippen MR) is 78.2 cm³/mol. The molecule has 0 spiro atoms. The third-order valence-corrected chi connectivity index (χ3v) is 3.56. The van der Waals surface area contributed by atoms with E-state index in [0.717, 1.165) is 44.5 Å². The van der Waals surface area contributed by atoms with Crippen molar-refractivity contribution in [1.29, 1.82) is 0 Å². The van der Waals surface area contributed by atoms with E-state index in [1.54, 1.807) is 12.1 Å². The van der Waals surface area contributed by atoms with Crippen LogP contribution in [0.2, 0.25) is 0 Å². The van der Waals surface area contributed by atoms with Crippen molar-refractivity contribution in [1.82, 2.24) is 0 Å². The van der Waals surface area contributed by atoms with Gasteiger partial charge in [0.1, 0.15) is 0 Å². The molecular formula is C16H21NO3. The zero-order valence-electron chi connectivity index (χ0n) is 12.1. The molecule has 0 aliphatic carbocycles. The number of nitrogens with zero attached hydrogens (tertiary/aromatic N) is 1. The van der Waals surface area contributed by atoms with E-state index in [1.807, 2.05) is 6.07 Å². The Balaban J connectivity index is 2.23.